The minimum Gasteiger partial charge on any atom is -0.390 e. The van der Waals surface area contributed by atoms with Crippen molar-refractivity contribution in [2.45, 2.75) is 62.5 Å². The number of anilines is 1. The van der Waals surface area contributed by atoms with Crippen LogP contribution in [-0.2, 0) is 0 Å². The van der Waals surface area contributed by atoms with Crippen LogP contribution >= 0.6 is 0 Å². The number of hydrogen-bond acceptors (Lipinski definition) is 5. The first-order chi connectivity index (χ1) is 15.6. The number of amides is 1. The molecular formula is C26H32N4O2. The van der Waals surface area contributed by atoms with Crippen molar-refractivity contribution >= 4 is 11.7 Å². The topological polar surface area (TPSA) is 78.4 Å². The Morgan fingerprint density at radius 2 is 1.81 bits per heavy atom. The van der Waals surface area contributed by atoms with Crippen molar-refractivity contribution in [2.75, 3.05) is 18.0 Å². The third kappa shape index (κ3) is 3.68. The van der Waals surface area contributed by atoms with Gasteiger partial charge in [0.15, 0.2) is 0 Å². The molecule has 0 spiro atoms. The van der Waals surface area contributed by atoms with Crippen molar-refractivity contribution in [1.82, 2.24) is 15.3 Å². The van der Waals surface area contributed by atoms with Gasteiger partial charge in [0.05, 0.1) is 5.60 Å². The molecule has 7 rings (SSSR count). The maximum absolute atomic E-state index is 13.1. The van der Waals surface area contributed by atoms with Crippen molar-refractivity contribution in [2.24, 2.45) is 17.8 Å². The minimum absolute atomic E-state index is 0.0697. The van der Waals surface area contributed by atoms with Gasteiger partial charge in [-0.3, -0.25) is 9.78 Å². The first kappa shape index (κ1) is 20.2. The van der Waals surface area contributed by atoms with E-state index in [4.69, 9.17) is 4.98 Å². The molecule has 3 heterocycles. The van der Waals surface area contributed by atoms with E-state index in [1.807, 2.05) is 30.5 Å². The summed E-state index contributed by atoms with van der Waals surface area (Å²) in [7, 11) is 0. The number of carbonyl (C=O) groups is 1. The fourth-order valence-corrected chi connectivity index (χ4v) is 7.19. The Morgan fingerprint density at radius 3 is 2.50 bits per heavy atom. The molecule has 1 amide bonds. The molecule has 5 fully saturated rings. The Labute approximate surface area is 189 Å². The SMILES string of the molecule is O=C(NC1C2CC3CC1CC(O)(C3)C2)c1cccc(N2CCC(c3ccccn3)CC2)n1. The van der Waals surface area contributed by atoms with Crippen molar-refractivity contribution in [3.63, 3.8) is 0 Å². The molecule has 2 atom stereocenters. The average Bonchev–Trinajstić information content (AvgIpc) is 2.81. The predicted molar refractivity (Wildman–Crippen MR) is 122 cm³/mol. The summed E-state index contributed by atoms with van der Waals surface area (Å²) >= 11 is 0. The highest BCUT2D eigenvalue weighted by molar-refractivity contribution is 5.93. The molecule has 1 saturated heterocycles. The third-order valence-electron chi connectivity index (χ3n) is 8.43. The lowest BCUT2D eigenvalue weighted by Crippen LogP contribution is -2.61. The molecular weight excluding hydrogens is 400 g/mol. The van der Waals surface area contributed by atoms with Crippen molar-refractivity contribution in [3.8, 4) is 0 Å². The summed E-state index contributed by atoms with van der Waals surface area (Å²) in [4.78, 5) is 24.7. The number of carbonyl (C=O) groups excluding carboxylic acids is 1. The molecule has 1 aliphatic heterocycles. The number of aromatic nitrogens is 2. The van der Waals surface area contributed by atoms with E-state index in [9.17, 15) is 9.90 Å². The number of hydrogen-bond donors (Lipinski definition) is 2. The van der Waals surface area contributed by atoms with Crippen molar-refractivity contribution in [3.05, 3.63) is 54.0 Å². The van der Waals surface area contributed by atoms with Crippen LogP contribution in [0.3, 0.4) is 0 Å². The van der Waals surface area contributed by atoms with E-state index in [1.54, 1.807) is 0 Å². The van der Waals surface area contributed by atoms with Crippen molar-refractivity contribution in [1.29, 1.82) is 0 Å². The van der Waals surface area contributed by atoms with Gasteiger partial charge in [-0.2, -0.15) is 0 Å². The quantitative estimate of drug-likeness (QED) is 0.773. The second-order valence-electron chi connectivity index (χ2n) is 10.6. The van der Waals surface area contributed by atoms with Crippen LogP contribution in [0.2, 0.25) is 0 Å². The summed E-state index contributed by atoms with van der Waals surface area (Å²) in [6.07, 6.45) is 8.88. The predicted octanol–water partition coefficient (Wildman–Crippen LogP) is 3.53. The van der Waals surface area contributed by atoms with E-state index >= 15 is 0 Å². The molecule has 5 aliphatic rings. The van der Waals surface area contributed by atoms with Gasteiger partial charge in [0, 0.05) is 36.9 Å². The standard InChI is InChI=1S/C26H32N4O2/c31-25(29-24-19-12-17-13-20(24)16-26(32,14-17)15-19)22-5-3-6-23(28-22)30-10-7-18(8-11-30)21-4-1-2-9-27-21/h1-6,9,17-20,24,32H,7-8,10-16H2,(H,29,31). The molecule has 0 aromatic carbocycles. The number of nitrogens with one attached hydrogen (secondary N) is 1. The molecule has 2 N–H and O–H groups in total. The highest BCUT2D eigenvalue weighted by Crippen LogP contribution is 2.55. The number of aliphatic hydroxyl groups is 1. The van der Waals surface area contributed by atoms with Crippen LogP contribution in [0.1, 0.15) is 67.0 Å². The largest absolute Gasteiger partial charge is 0.390 e. The Bertz CT molecular complexity index is 972. The Hall–Kier alpha value is -2.47. The minimum atomic E-state index is -0.475. The molecule has 4 saturated carbocycles. The van der Waals surface area contributed by atoms with Crippen LogP contribution in [0.4, 0.5) is 5.82 Å². The smallest absolute Gasteiger partial charge is 0.270 e. The molecule has 0 radical (unpaired) electrons. The van der Waals surface area contributed by atoms with Crippen LogP contribution < -0.4 is 10.2 Å². The summed E-state index contributed by atoms with van der Waals surface area (Å²) < 4.78 is 0. The van der Waals surface area contributed by atoms with Gasteiger partial charge in [-0.25, -0.2) is 4.98 Å². The second-order valence-corrected chi connectivity index (χ2v) is 10.6. The highest BCUT2D eigenvalue weighted by Gasteiger charge is 2.55. The monoisotopic (exact) mass is 432 g/mol. The fraction of sp³-hybridized carbons (Fsp3) is 0.577. The maximum atomic E-state index is 13.1. The summed E-state index contributed by atoms with van der Waals surface area (Å²) in [5.41, 5.74) is 1.20. The van der Waals surface area contributed by atoms with E-state index in [2.05, 4.69) is 27.3 Å². The zero-order valence-electron chi connectivity index (χ0n) is 18.5. The zero-order valence-corrected chi connectivity index (χ0v) is 18.5. The molecule has 6 nitrogen and oxygen atoms in total. The Morgan fingerprint density at radius 1 is 1.03 bits per heavy atom. The Balaban J connectivity index is 1.11. The van der Waals surface area contributed by atoms with Crippen molar-refractivity contribution < 1.29 is 9.90 Å². The van der Waals surface area contributed by atoms with Crippen LogP contribution in [0.15, 0.2) is 42.6 Å². The van der Waals surface area contributed by atoms with Gasteiger partial charge in [0.25, 0.3) is 5.91 Å². The lowest BCUT2D eigenvalue weighted by atomic mass is 9.52. The fourth-order valence-electron chi connectivity index (χ4n) is 7.19. The maximum Gasteiger partial charge on any atom is 0.270 e. The summed E-state index contributed by atoms with van der Waals surface area (Å²) in [5, 5.41) is 14.1. The normalized spacial score (nSPS) is 34.0. The van der Waals surface area contributed by atoms with Crippen LogP contribution in [-0.4, -0.2) is 45.7 Å². The molecule has 2 aromatic rings. The average molecular weight is 433 g/mol. The van der Waals surface area contributed by atoms with E-state index in [0.717, 1.165) is 63.9 Å². The molecule has 4 bridgehead atoms. The molecule has 2 unspecified atom stereocenters. The molecule has 6 heteroatoms. The van der Waals surface area contributed by atoms with E-state index < -0.39 is 5.60 Å². The molecule has 32 heavy (non-hydrogen) atoms. The zero-order chi connectivity index (χ0) is 21.7. The molecule has 2 aromatic heterocycles. The summed E-state index contributed by atoms with van der Waals surface area (Å²) in [6, 6.07) is 12.1. The van der Waals surface area contributed by atoms with Gasteiger partial charge in [-0.15, -0.1) is 0 Å². The molecule has 168 valence electrons. The van der Waals surface area contributed by atoms with Gasteiger partial charge in [-0.05, 0) is 87.0 Å². The lowest BCUT2D eigenvalue weighted by molar-refractivity contribution is -0.136. The first-order valence-electron chi connectivity index (χ1n) is 12.2. The number of rotatable bonds is 4. The Kier molecular flexibility index (Phi) is 4.94. The van der Waals surface area contributed by atoms with Gasteiger partial charge in [0.1, 0.15) is 11.5 Å². The van der Waals surface area contributed by atoms with Gasteiger partial charge in [0.2, 0.25) is 0 Å². The lowest BCUT2D eigenvalue weighted by Gasteiger charge is -2.58. The highest BCUT2D eigenvalue weighted by atomic mass is 16.3. The third-order valence-corrected chi connectivity index (χ3v) is 8.43. The number of piperidine rings is 1. The van der Waals surface area contributed by atoms with Gasteiger partial charge >= 0.3 is 0 Å². The first-order valence-corrected chi connectivity index (χ1v) is 12.2. The number of nitrogens with zero attached hydrogens (tertiary/aromatic N) is 3. The van der Waals surface area contributed by atoms with Crippen LogP contribution in [0.25, 0.3) is 0 Å². The summed E-state index contributed by atoms with van der Waals surface area (Å²) in [5.74, 6) is 2.76. The van der Waals surface area contributed by atoms with Crippen LogP contribution in [0, 0.1) is 17.8 Å². The van der Waals surface area contributed by atoms with E-state index in [1.165, 1.54) is 5.69 Å². The van der Waals surface area contributed by atoms with Gasteiger partial charge < -0.3 is 15.3 Å². The molecule has 4 aliphatic carbocycles. The van der Waals surface area contributed by atoms with Crippen LogP contribution in [0.5, 0.6) is 0 Å². The van der Waals surface area contributed by atoms with Gasteiger partial charge in [-0.1, -0.05) is 12.1 Å². The number of pyridine rings is 2. The summed E-state index contributed by atoms with van der Waals surface area (Å²) in [6.45, 7) is 1.85. The van der Waals surface area contributed by atoms with E-state index in [-0.39, 0.29) is 11.9 Å². The second kappa shape index (κ2) is 7.84. The van der Waals surface area contributed by atoms with E-state index in [0.29, 0.717) is 29.4 Å².